The van der Waals surface area contributed by atoms with Crippen molar-refractivity contribution < 1.29 is 24.0 Å². The van der Waals surface area contributed by atoms with Crippen LogP contribution in [0.1, 0.15) is 31.2 Å². The molecule has 2 aliphatic rings. The van der Waals surface area contributed by atoms with Crippen LogP contribution < -0.4 is 25.8 Å². The highest BCUT2D eigenvalue weighted by Gasteiger charge is 2.46. The van der Waals surface area contributed by atoms with Crippen LogP contribution in [0.5, 0.6) is 11.5 Å². The van der Waals surface area contributed by atoms with E-state index in [4.69, 9.17) is 15.2 Å². The zero-order valence-corrected chi connectivity index (χ0v) is 18.8. The molecule has 10 heteroatoms. The van der Waals surface area contributed by atoms with Crippen LogP contribution in [-0.4, -0.2) is 49.6 Å². The number of benzene rings is 1. The summed E-state index contributed by atoms with van der Waals surface area (Å²) in [5, 5.41) is 17.8. The molecule has 33 heavy (non-hydrogen) atoms. The van der Waals surface area contributed by atoms with Gasteiger partial charge in [-0.3, -0.25) is 19.7 Å². The molecule has 0 radical (unpaired) electrons. The number of primary amides is 1. The smallest absolute Gasteiger partial charge is 0.266 e. The van der Waals surface area contributed by atoms with Crippen LogP contribution in [-0.2, 0) is 16.0 Å². The van der Waals surface area contributed by atoms with Gasteiger partial charge in [-0.2, -0.15) is 0 Å². The molecule has 2 atom stereocenters. The van der Waals surface area contributed by atoms with Crippen LogP contribution in [0.25, 0.3) is 0 Å². The van der Waals surface area contributed by atoms with Crippen molar-refractivity contribution in [3.63, 3.8) is 0 Å². The van der Waals surface area contributed by atoms with Gasteiger partial charge in [0.15, 0.2) is 11.5 Å². The van der Waals surface area contributed by atoms with E-state index in [1.807, 2.05) is 0 Å². The molecule has 0 saturated heterocycles. The molecule has 0 heterocycles. The molecule has 2 aliphatic carbocycles. The number of hydrogen-bond donors (Lipinski definition) is 3. The number of amides is 2. The average molecular weight is 459 g/mol. The Morgan fingerprint density at radius 2 is 1.88 bits per heavy atom. The molecule has 4 N–H and O–H groups in total. The molecule has 1 aromatic rings. The van der Waals surface area contributed by atoms with Gasteiger partial charge in [-0.25, -0.2) is 0 Å². The Bertz CT molecular complexity index is 954. The molecule has 2 unspecified atom stereocenters. The Balaban J connectivity index is 1.91. The van der Waals surface area contributed by atoms with Crippen molar-refractivity contribution in [2.24, 2.45) is 11.1 Å². The summed E-state index contributed by atoms with van der Waals surface area (Å²) in [4.78, 5) is 34.6. The van der Waals surface area contributed by atoms with E-state index >= 15 is 0 Å². The minimum absolute atomic E-state index is 0.0824. The zero-order chi connectivity index (χ0) is 24.0. The first-order valence-corrected chi connectivity index (χ1v) is 10.8. The number of hydrogen-bond acceptors (Lipinski definition) is 7. The Morgan fingerprint density at radius 1 is 1.21 bits per heavy atom. The number of rotatable bonds is 10. The summed E-state index contributed by atoms with van der Waals surface area (Å²) in [6, 6.07) is 4.94. The van der Waals surface area contributed by atoms with Gasteiger partial charge in [0, 0.05) is 30.3 Å². The lowest BCUT2D eigenvalue weighted by Crippen LogP contribution is -2.56. The van der Waals surface area contributed by atoms with Crippen molar-refractivity contribution in [2.45, 2.75) is 50.2 Å². The summed E-state index contributed by atoms with van der Waals surface area (Å²) in [5.74, 6) is 0.370. The maximum atomic E-state index is 12.9. The van der Waals surface area contributed by atoms with Crippen LogP contribution in [0.15, 0.2) is 42.1 Å². The number of nitrogens with two attached hydrogens (primary N) is 1. The average Bonchev–Trinajstić information content (AvgIpc) is 2.81. The summed E-state index contributed by atoms with van der Waals surface area (Å²) in [7, 11) is 3.04. The van der Waals surface area contributed by atoms with Gasteiger partial charge in [0.2, 0.25) is 12.3 Å². The normalized spacial score (nSPS) is 26.7. The minimum Gasteiger partial charge on any atom is -0.493 e. The largest absolute Gasteiger partial charge is 0.493 e. The number of carbonyl (C=O) groups is 2. The second-order valence-electron chi connectivity index (χ2n) is 8.43. The van der Waals surface area contributed by atoms with Gasteiger partial charge in [0.1, 0.15) is 0 Å². The van der Waals surface area contributed by atoms with Crippen molar-refractivity contribution >= 4 is 12.3 Å². The second kappa shape index (κ2) is 10.5. The fraction of sp³-hybridized carbons (Fsp3) is 0.478. The molecule has 0 aliphatic heterocycles. The van der Waals surface area contributed by atoms with Gasteiger partial charge in [-0.15, -0.1) is 0 Å². The first-order chi connectivity index (χ1) is 15.8. The maximum Gasteiger partial charge on any atom is 0.266 e. The molecule has 1 aromatic carbocycles. The zero-order valence-electron chi connectivity index (χ0n) is 18.8. The third kappa shape index (κ3) is 5.33. The van der Waals surface area contributed by atoms with E-state index in [0.29, 0.717) is 17.9 Å². The van der Waals surface area contributed by atoms with E-state index in [1.54, 1.807) is 24.3 Å². The number of ether oxygens (including phenoxy) is 2. The summed E-state index contributed by atoms with van der Waals surface area (Å²) in [5.41, 5.74) is 5.11. The van der Waals surface area contributed by atoms with Gasteiger partial charge in [-0.05, 0) is 49.8 Å². The van der Waals surface area contributed by atoms with Crippen molar-refractivity contribution in [1.29, 1.82) is 0 Å². The quantitative estimate of drug-likeness (QED) is 0.273. The fourth-order valence-corrected chi connectivity index (χ4v) is 4.66. The molecular formula is C23H30N4O6. The highest BCUT2D eigenvalue weighted by atomic mass is 16.6. The van der Waals surface area contributed by atoms with Crippen LogP contribution in [0.3, 0.4) is 0 Å². The van der Waals surface area contributed by atoms with E-state index in [1.165, 1.54) is 26.4 Å². The molecule has 0 aromatic heterocycles. The highest BCUT2D eigenvalue weighted by Crippen LogP contribution is 2.38. The lowest BCUT2D eigenvalue weighted by atomic mass is 9.71. The lowest BCUT2D eigenvalue weighted by molar-refractivity contribution is -0.420. The predicted octanol–water partition coefficient (Wildman–Crippen LogP) is 1.46. The Hall–Kier alpha value is -3.40. The number of methoxy groups -OCH3 is 2. The summed E-state index contributed by atoms with van der Waals surface area (Å²) in [6.07, 6.45) is 8.50. The van der Waals surface area contributed by atoms with Crippen LogP contribution >= 0.6 is 0 Å². The van der Waals surface area contributed by atoms with Gasteiger partial charge < -0.3 is 25.8 Å². The Labute approximate surface area is 192 Å². The molecule has 0 spiro atoms. The number of allylic oxidation sites excluding steroid dienone is 1. The number of nitro groups is 1. The minimum atomic E-state index is -1.35. The topological polar surface area (TPSA) is 146 Å². The number of nitrogens with one attached hydrogen (secondary N) is 2. The first-order valence-electron chi connectivity index (χ1n) is 10.8. The molecule has 1 saturated carbocycles. The van der Waals surface area contributed by atoms with Crippen LogP contribution in [0.2, 0.25) is 0 Å². The standard InChI is InChI=1S/C23H30N4O6/c1-32-19-9-3-15(11-20(19)33-2)12-23(22(24)29)13-18(27(30)31)8-10-21(23)26-17-6-4-16(5-7-17)25-14-28/h3,8-11,13-14,16-17,21,26H,4-7,12H2,1-2H3,(H2,24,29)(H,25,28)/t16-,17-,21?,23?. The van der Waals surface area contributed by atoms with Gasteiger partial charge in [-0.1, -0.05) is 12.1 Å². The lowest BCUT2D eigenvalue weighted by Gasteiger charge is -2.40. The Morgan fingerprint density at radius 3 is 2.45 bits per heavy atom. The highest BCUT2D eigenvalue weighted by molar-refractivity contribution is 5.85. The van der Waals surface area contributed by atoms with Crippen LogP contribution in [0.4, 0.5) is 0 Å². The summed E-state index contributed by atoms with van der Waals surface area (Å²) < 4.78 is 10.7. The molecular weight excluding hydrogens is 428 g/mol. The molecule has 1 fully saturated rings. The van der Waals surface area contributed by atoms with Gasteiger partial charge in [0.05, 0.1) is 24.6 Å². The van der Waals surface area contributed by atoms with Crippen molar-refractivity contribution in [3.05, 3.63) is 57.8 Å². The maximum absolute atomic E-state index is 12.9. The fourth-order valence-electron chi connectivity index (χ4n) is 4.66. The van der Waals surface area contributed by atoms with Crippen molar-refractivity contribution in [1.82, 2.24) is 10.6 Å². The van der Waals surface area contributed by atoms with Gasteiger partial charge in [0.25, 0.3) is 5.70 Å². The number of nitrogens with zero attached hydrogens (tertiary/aromatic N) is 1. The number of carbonyl (C=O) groups excluding carboxylic acids is 2. The van der Waals surface area contributed by atoms with E-state index in [9.17, 15) is 19.7 Å². The van der Waals surface area contributed by atoms with E-state index in [2.05, 4.69) is 10.6 Å². The van der Waals surface area contributed by atoms with Crippen molar-refractivity contribution in [2.75, 3.05) is 14.2 Å². The van der Waals surface area contributed by atoms with Gasteiger partial charge >= 0.3 is 0 Å². The Kier molecular flexibility index (Phi) is 7.70. The molecule has 3 rings (SSSR count). The molecule has 10 nitrogen and oxygen atoms in total. The third-order valence-electron chi connectivity index (χ3n) is 6.48. The van der Waals surface area contributed by atoms with E-state index in [-0.39, 0.29) is 24.2 Å². The molecule has 0 bridgehead atoms. The molecule has 2 amide bonds. The summed E-state index contributed by atoms with van der Waals surface area (Å²) in [6.45, 7) is 0. The van der Waals surface area contributed by atoms with E-state index in [0.717, 1.165) is 31.2 Å². The summed E-state index contributed by atoms with van der Waals surface area (Å²) >= 11 is 0. The van der Waals surface area contributed by atoms with E-state index < -0.39 is 22.3 Å². The molecule has 178 valence electrons. The second-order valence-corrected chi connectivity index (χ2v) is 8.43. The predicted molar refractivity (Wildman–Crippen MR) is 121 cm³/mol. The van der Waals surface area contributed by atoms with Crippen LogP contribution in [0, 0.1) is 15.5 Å². The SMILES string of the molecule is COc1ccc(CC2(C(N)=O)C=C([N+](=O)[O-])C=CC2N[C@H]2CC[C@H](NC=O)CC2)cc1OC. The third-order valence-corrected chi connectivity index (χ3v) is 6.48. The van der Waals surface area contributed by atoms with Crippen molar-refractivity contribution in [3.8, 4) is 11.5 Å². The monoisotopic (exact) mass is 458 g/mol. The first kappa shape index (κ1) is 24.2.